The standard InChI is InChI=1S/C28H28N8O2/c1-21(6-7-26(30-2)35-12-10-34(11-13-35)18-23-5-3-4-8-31-23)25-15-24(38-20-27-32-9-14-37-27)19-36-28(25)22(16-29)17-33-36/h3-9,14-15,17,19H,2,10-13,18,20H2,1H3/b21-6+,26-7+. The zero-order valence-corrected chi connectivity index (χ0v) is 21.2. The highest BCUT2D eigenvalue weighted by atomic mass is 16.5. The number of ether oxygens (including phenoxy) is 1. The summed E-state index contributed by atoms with van der Waals surface area (Å²) < 4.78 is 12.8. The zero-order valence-electron chi connectivity index (χ0n) is 21.2. The minimum atomic E-state index is 0.184. The molecular formula is C28H28N8O2. The van der Waals surface area contributed by atoms with Gasteiger partial charge in [0, 0.05) is 44.5 Å². The Morgan fingerprint density at radius 1 is 1.21 bits per heavy atom. The molecule has 38 heavy (non-hydrogen) atoms. The lowest BCUT2D eigenvalue weighted by Gasteiger charge is -2.35. The van der Waals surface area contributed by atoms with Crippen molar-refractivity contribution in [1.82, 2.24) is 29.4 Å². The second-order valence-corrected chi connectivity index (χ2v) is 8.88. The minimum absolute atomic E-state index is 0.184. The number of rotatable bonds is 9. The molecule has 0 unspecified atom stereocenters. The Morgan fingerprint density at radius 2 is 2.08 bits per heavy atom. The van der Waals surface area contributed by atoms with E-state index in [1.165, 1.54) is 6.26 Å². The Bertz CT molecular complexity index is 1490. The number of nitriles is 1. The molecule has 1 fully saturated rings. The van der Waals surface area contributed by atoms with Gasteiger partial charge >= 0.3 is 0 Å². The van der Waals surface area contributed by atoms with Crippen molar-refractivity contribution in [1.29, 1.82) is 5.26 Å². The molecule has 0 radical (unpaired) electrons. The highest BCUT2D eigenvalue weighted by Gasteiger charge is 2.19. The van der Waals surface area contributed by atoms with Gasteiger partial charge in [0.1, 0.15) is 23.9 Å². The van der Waals surface area contributed by atoms with Crippen molar-refractivity contribution in [2.75, 3.05) is 26.2 Å². The van der Waals surface area contributed by atoms with Crippen LogP contribution in [0.4, 0.5) is 0 Å². The van der Waals surface area contributed by atoms with Gasteiger partial charge in [-0.15, -0.1) is 0 Å². The second kappa shape index (κ2) is 11.5. The van der Waals surface area contributed by atoms with Crippen molar-refractivity contribution in [2.45, 2.75) is 20.1 Å². The molecule has 1 aliphatic rings. The molecule has 10 nitrogen and oxygen atoms in total. The Kier molecular flexibility index (Phi) is 7.57. The molecule has 1 aliphatic heterocycles. The van der Waals surface area contributed by atoms with Crippen molar-refractivity contribution in [3.8, 4) is 11.8 Å². The summed E-state index contributed by atoms with van der Waals surface area (Å²) in [5.41, 5.74) is 4.05. The van der Waals surface area contributed by atoms with E-state index in [4.69, 9.17) is 9.15 Å². The molecule has 192 valence electrons. The fourth-order valence-corrected chi connectivity index (χ4v) is 4.43. The second-order valence-electron chi connectivity index (χ2n) is 8.88. The van der Waals surface area contributed by atoms with Crippen LogP contribution in [0, 0.1) is 11.3 Å². The number of nitrogens with zero attached hydrogens (tertiary/aromatic N) is 8. The molecule has 0 aromatic carbocycles. The minimum Gasteiger partial charge on any atom is -0.482 e. The van der Waals surface area contributed by atoms with E-state index in [0.29, 0.717) is 17.2 Å². The summed E-state index contributed by atoms with van der Waals surface area (Å²) in [6, 6.07) is 10.1. The number of allylic oxidation sites excluding steroid dienone is 3. The van der Waals surface area contributed by atoms with E-state index < -0.39 is 0 Å². The summed E-state index contributed by atoms with van der Waals surface area (Å²) in [4.78, 5) is 17.5. The van der Waals surface area contributed by atoms with Crippen LogP contribution in [0.5, 0.6) is 5.75 Å². The fraction of sp³-hybridized carbons (Fsp3) is 0.250. The van der Waals surface area contributed by atoms with Gasteiger partial charge < -0.3 is 14.1 Å². The number of piperazine rings is 1. The molecule has 4 aromatic rings. The number of aliphatic imine (C=N–C) groups is 1. The van der Waals surface area contributed by atoms with Gasteiger partial charge in [0.25, 0.3) is 0 Å². The highest BCUT2D eigenvalue weighted by molar-refractivity contribution is 5.82. The first-order valence-electron chi connectivity index (χ1n) is 12.3. The van der Waals surface area contributed by atoms with Gasteiger partial charge in [-0.25, -0.2) is 14.5 Å². The molecule has 0 aliphatic carbocycles. The summed E-state index contributed by atoms with van der Waals surface area (Å²) in [6.45, 7) is 10.3. The average Bonchev–Trinajstić information content (AvgIpc) is 3.63. The Morgan fingerprint density at radius 3 is 2.79 bits per heavy atom. The number of fused-ring (bicyclic) bond motifs is 1. The molecule has 0 saturated carbocycles. The lowest BCUT2D eigenvalue weighted by molar-refractivity contribution is 0.151. The number of pyridine rings is 2. The third kappa shape index (κ3) is 5.63. The van der Waals surface area contributed by atoms with Gasteiger partial charge in [-0.2, -0.15) is 10.4 Å². The van der Waals surface area contributed by atoms with Crippen molar-refractivity contribution < 1.29 is 9.15 Å². The summed E-state index contributed by atoms with van der Waals surface area (Å²) in [7, 11) is 0. The van der Waals surface area contributed by atoms with Gasteiger partial charge in [0.05, 0.1) is 35.4 Å². The lowest BCUT2D eigenvalue weighted by Crippen LogP contribution is -2.45. The summed E-state index contributed by atoms with van der Waals surface area (Å²) in [5.74, 6) is 1.87. The van der Waals surface area contributed by atoms with Crippen molar-refractivity contribution in [3.05, 3.63) is 96.0 Å². The molecule has 0 N–H and O–H groups in total. The maximum Gasteiger partial charge on any atom is 0.232 e. The first-order valence-corrected chi connectivity index (χ1v) is 12.3. The van der Waals surface area contributed by atoms with Crippen LogP contribution in [0.1, 0.15) is 29.6 Å². The van der Waals surface area contributed by atoms with Crippen molar-refractivity contribution in [3.63, 3.8) is 0 Å². The number of oxazole rings is 1. The van der Waals surface area contributed by atoms with Crippen LogP contribution in [0.15, 0.2) is 82.7 Å². The van der Waals surface area contributed by atoms with Crippen molar-refractivity contribution >= 4 is 17.8 Å². The fourth-order valence-electron chi connectivity index (χ4n) is 4.43. The predicted molar refractivity (Wildman–Crippen MR) is 143 cm³/mol. The molecule has 0 atom stereocenters. The first-order chi connectivity index (χ1) is 18.6. The molecule has 0 amide bonds. The molecule has 5 heterocycles. The molecule has 0 bridgehead atoms. The van der Waals surface area contributed by atoms with Crippen LogP contribution >= 0.6 is 0 Å². The lowest BCUT2D eigenvalue weighted by atomic mass is 10.0. The van der Waals surface area contributed by atoms with Gasteiger partial charge in [-0.3, -0.25) is 9.88 Å². The monoisotopic (exact) mass is 508 g/mol. The normalized spacial score (nSPS) is 15.0. The average molecular weight is 509 g/mol. The Hall–Kier alpha value is -4.75. The Balaban J connectivity index is 1.34. The maximum absolute atomic E-state index is 9.64. The highest BCUT2D eigenvalue weighted by Crippen LogP contribution is 2.28. The molecule has 10 heteroatoms. The molecule has 5 rings (SSSR count). The molecule has 0 spiro atoms. The van der Waals surface area contributed by atoms with Crippen LogP contribution in [-0.2, 0) is 13.2 Å². The molecule has 1 saturated heterocycles. The van der Waals surface area contributed by atoms with Crippen LogP contribution < -0.4 is 4.74 Å². The van der Waals surface area contributed by atoms with Crippen LogP contribution in [0.25, 0.3) is 11.1 Å². The number of aromatic nitrogens is 4. The van der Waals surface area contributed by atoms with Crippen LogP contribution in [0.2, 0.25) is 0 Å². The van der Waals surface area contributed by atoms with E-state index in [1.54, 1.807) is 23.1 Å². The van der Waals surface area contributed by atoms with E-state index in [0.717, 1.165) is 60.9 Å². The van der Waals surface area contributed by atoms with Crippen molar-refractivity contribution in [2.24, 2.45) is 4.99 Å². The quantitative estimate of drug-likeness (QED) is 0.247. The van der Waals surface area contributed by atoms with Crippen LogP contribution in [0.3, 0.4) is 0 Å². The van der Waals surface area contributed by atoms with Gasteiger partial charge in [0.2, 0.25) is 5.89 Å². The maximum atomic E-state index is 9.64. The smallest absolute Gasteiger partial charge is 0.232 e. The molecule has 4 aromatic heterocycles. The third-order valence-electron chi connectivity index (χ3n) is 6.43. The van der Waals surface area contributed by atoms with E-state index in [2.05, 4.69) is 48.7 Å². The van der Waals surface area contributed by atoms with E-state index >= 15 is 0 Å². The van der Waals surface area contributed by atoms with Gasteiger partial charge in [-0.1, -0.05) is 12.1 Å². The van der Waals surface area contributed by atoms with Gasteiger partial charge in [0.15, 0.2) is 6.61 Å². The SMILES string of the molecule is C=N/C(=C\C=C(/C)c1cc(OCc2ncco2)cn2ncc(C#N)c12)N1CCN(Cc2ccccn2)CC1. The largest absolute Gasteiger partial charge is 0.482 e. The van der Waals surface area contributed by atoms with E-state index in [-0.39, 0.29) is 6.61 Å². The topological polar surface area (TPSA) is 108 Å². The van der Waals surface area contributed by atoms with Crippen LogP contribution in [-0.4, -0.2) is 62.3 Å². The number of hydrogen-bond donors (Lipinski definition) is 0. The van der Waals surface area contributed by atoms with E-state index in [9.17, 15) is 5.26 Å². The first kappa shape index (κ1) is 24.9. The summed E-state index contributed by atoms with van der Waals surface area (Å²) >= 11 is 0. The van der Waals surface area contributed by atoms with Gasteiger partial charge in [-0.05, 0) is 43.5 Å². The summed E-state index contributed by atoms with van der Waals surface area (Å²) in [5, 5.41) is 14.0. The Labute approximate surface area is 220 Å². The zero-order chi connectivity index (χ0) is 26.3. The van der Waals surface area contributed by atoms with E-state index in [1.807, 2.05) is 43.5 Å². The summed E-state index contributed by atoms with van der Waals surface area (Å²) in [6.07, 6.45) is 12.2. The number of hydrogen-bond acceptors (Lipinski definition) is 9. The molecular weight excluding hydrogens is 480 g/mol. The predicted octanol–water partition coefficient (Wildman–Crippen LogP) is 3.93. The third-order valence-corrected chi connectivity index (χ3v) is 6.43.